The summed E-state index contributed by atoms with van der Waals surface area (Å²) in [6.45, 7) is 4.22. The lowest BCUT2D eigenvalue weighted by atomic mass is 9.68. The van der Waals surface area contributed by atoms with Gasteiger partial charge in [-0.15, -0.1) is 0 Å². The van der Waals surface area contributed by atoms with Crippen molar-refractivity contribution < 1.29 is 15.0 Å². The summed E-state index contributed by atoms with van der Waals surface area (Å²) < 4.78 is 0. The second kappa shape index (κ2) is 6.08. The van der Waals surface area contributed by atoms with Gasteiger partial charge in [0.05, 0.1) is 5.52 Å². The Bertz CT molecular complexity index is 1210. The van der Waals surface area contributed by atoms with Crippen molar-refractivity contribution in [1.82, 2.24) is 4.98 Å². The quantitative estimate of drug-likeness (QED) is 0.521. The van der Waals surface area contributed by atoms with Crippen LogP contribution in [-0.2, 0) is 4.79 Å². The number of hydrogen-bond donors (Lipinski definition) is 3. The molecule has 3 N–H and O–H groups in total. The van der Waals surface area contributed by atoms with Gasteiger partial charge in [0.2, 0.25) is 0 Å². The number of allylic oxidation sites excluding steroid dienone is 2. The van der Waals surface area contributed by atoms with E-state index in [0.717, 1.165) is 45.4 Å². The molecule has 1 aliphatic heterocycles. The third kappa shape index (κ3) is 2.77. The van der Waals surface area contributed by atoms with E-state index in [9.17, 15) is 15.0 Å². The fraction of sp³-hybridized carbons (Fsp3) is 0.250. The first-order chi connectivity index (χ1) is 13.8. The van der Waals surface area contributed by atoms with Crippen LogP contribution in [0.3, 0.4) is 0 Å². The molecule has 0 saturated heterocycles. The molecular weight excluding hydrogens is 364 g/mol. The molecule has 5 nitrogen and oxygen atoms in total. The number of hydrogen-bond acceptors (Lipinski definition) is 5. The van der Waals surface area contributed by atoms with E-state index in [1.807, 2.05) is 24.3 Å². The Morgan fingerprint density at radius 2 is 1.90 bits per heavy atom. The number of nitrogens with zero attached hydrogens (tertiary/aromatic N) is 1. The number of ketones is 1. The molecule has 1 aromatic heterocycles. The highest BCUT2D eigenvalue weighted by molar-refractivity contribution is 6.04. The van der Waals surface area contributed by atoms with E-state index in [1.165, 1.54) is 6.07 Å². The van der Waals surface area contributed by atoms with Crippen molar-refractivity contribution in [2.24, 2.45) is 5.41 Å². The second-order valence-corrected chi connectivity index (χ2v) is 8.74. The molecule has 2 aromatic carbocycles. The minimum atomic E-state index is -0.329. The molecule has 0 spiro atoms. The summed E-state index contributed by atoms with van der Waals surface area (Å²) in [5.74, 6) is -0.573. The zero-order valence-corrected chi connectivity index (χ0v) is 16.4. The van der Waals surface area contributed by atoms with E-state index in [4.69, 9.17) is 0 Å². The summed E-state index contributed by atoms with van der Waals surface area (Å²) in [7, 11) is 0. The number of rotatable bonds is 1. The average Bonchev–Trinajstić information content (AvgIpc) is 2.67. The number of aromatic hydroxyl groups is 2. The Labute approximate surface area is 168 Å². The fourth-order valence-corrected chi connectivity index (χ4v) is 4.74. The zero-order chi connectivity index (χ0) is 20.3. The van der Waals surface area contributed by atoms with Gasteiger partial charge in [0.1, 0.15) is 0 Å². The SMILES string of the molecule is CC1(C)CC(=O)C2=C(C1)Nc1ccc3ncccc3c1[C@@H]2c1ccc(O)c(O)c1. The molecule has 0 radical (unpaired) electrons. The van der Waals surface area contributed by atoms with Gasteiger partial charge in [-0.05, 0) is 53.3 Å². The van der Waals surface area contributed by atoms with Gasteiger partial charge in [0.15, 0.2) is 17.3 Å². The summed E-state index contributed by atoms with van der Waals surface area (Å²) >= 11 is 0. The van der Waals surface area contributed by atoms with Crippen LogP contribution in [0.5, 0.6) is 11.5 Å². The standard InChI is InChI=1S/C24H22N2O3/c1-24(2)11-17-23(20(29)12-24)21(13-5-8-18(27)19(28)10-13)22-14-4-3-9-25-15(14)6-7-16(22)26-17/h3-10,21,26-28H,11-12H2,1-2H3/t21-/m0/s1. The Kier molecular flexibility index (Phi) is 3.72. The molecule has 5 rings (SSSR count). The van der Waals surface area contributed by atoms with Crippen molar-refractivity contribution in [3.63, 3.8) is 0 Å². The van der Waals surface area contributed by atoms with Crippen molar-refractivity contribution in [2.75, 3.05) is 5.32 Å². The third-order valence-electron chi connectivity index (χ3n) is 5.94. The maximum absolute atomic E-state index is 13.3. The van der Waals surface area contributed by atoms with Gasteiger partial charge >= 0.3 is 0 Å². The van der Waals surface area contributed by atoms with Gasteiger partial charge in [-0.1, -0.05) is 26.0 Å². The van der Waals surface area contributed by atoms with Gasteiger partial charge in [0, 0.05) is 40.9 Å². The van der Waals surface area contributed by atoms with Crippen molar-refractivity contribution in [1.29, 1.82) is 0 Å². The van der Waals surface area contributed by atoms with Crippen molar-refractivity contribution in [3.8, 4) is 11.5 Å². The summed E-state index contributed by atoms with van der Waals surface area (Å²) in [6.07, 6.45) is 3.01. The number of carbonyl (C=O) groups is 1. The first kappa shape index (κ1) is 17.7. The van der Waals surface area contributed by atoms with Crippen LogP contribution >= 0.6 is 0 Å². The second-order valence-electron chi connectivity index (χ2n) is 8.74. The number of aromatic nitrogens is 1. The minimum Gasteiger partial charge on any atom is -0.504 e. The number of pyridine rings is 1. The summed E-state index contributed by atoms with van der Waals surface area (Å²) in [5.41, 5.74) is 5.15. The van der Waals surface area contributed by atoms with Crippen LogP contribution < -0.4 is 5.32 Å². The summed E-state index contributed by atoms with van der Waals surface area (Å²) in [6, 6.07) is 12.7. The molecular formula is C24H22N2O3. The van der Waals surface area contributed by atoms with Gasteiger partial charge in [-0.2, -0.15) is 0 Å². The highest BCUT2D eigenvalue weighted by Crippen LogP contribution is 2.51. The predicted octanol–water partition coefficient (Wildman–Crippen LogP) is 4.85. The molecule has 29 heavy (non-hydrogen) atoms. The first-order valence-electron chi connectivity index (χ1n) is 9.77. The Hall–Kier alpha value is -3.34. The van der Waals surface area contributed by atoms with E-state index in [1.54, 1.807) is 18.3 Å². The van der Waals surface area contributed by atoms with E-state index in [-0.39, 0.29) is 28.6 Å². The van der Waals surface area contributed by atoms with Crippen LogP contribution in [0.2, 0.25) is 0 Å². The monoisotopic (exact) mass is 386 g/mol. The first-order valence-corrected chi connectivity index (χ1v) is 9.77. The molecule has 1 atom stereocenters. The lowest BCUT2D eigenvalue weighted by Gasteiger charge is -2.40. The third-order valence-corrected chi connectivity index (χ3v) is 5.94. The molecule has 0 fully saturated rings. The van der Waals surface area contributed by atoms with Crippen LogP contribution in [0.25, 0.3) is 10.9 Å². The molecule has 5 heteroatoms. The van der Waals surface area contributed by atoms with E-state index in [0.29, 0.717) is 6.42 Å². The molecule has 2 heterocycles. The van der Waals surface area contributed by atoms with Crippen LogP contribution in [0.4, 0.5) is 5.69 Å². The lowest BCUT2D eigenvalue weighted by Crippen LogP contribution is -2.33. The minimum absolute atomic E-state index is 0.111. The molecule has 0 saturated carbocycles. The number of benzene rings is 2. The van der Waals surface area contributed by atoms with Crippen LogP contribution in [0.1, 0.15) is 43.7 Å². The number of phenols is 2. The molecule has 146 valence electrons. The molecule has 3 aromatic rings. The smallest absolute Gasteiger partial charge is 0.162 e. The number of carbonyl (C=O) groups excluding carboxylic acids is 1. The largest absolute Gasteiger partial charge is 0.504 e. The number of phenolic OH excluding ortho intramolecular Hbond substituents is 2. The Morgan fingerprint density at radius 3 is 2.69 bits per heavy atom. The fourth-order valence-electron chi connectivity index (χ4n) is 4.74. The van der Waals surface area contributed by atoms with Crippen LogP contribution in [0.15, 0.2) is 59.9 Å². The maximum Gasteiger partial charge on any atom is 0.162 e. The highest BCUT2D eigenvalue weighted by Gasteiger charge is 2.41. The zero-order valence-electron chi connectivity index (χ0n) is 16.4. The van der Waals surface area contributed by atoms with Gasteiger partial charge in [-0.3, -0.25) is 9.78 Å². The van der Waals surface area contributed by atoms with E-state index < -0.39 is 0 Å². The maximum atomic E-state index is 13.3. The number of nitrogens with one attached hydrogen (secondary N) is 1. The van der Waals surface area contributed by atoms with Gasteiger partial charge in [0.25, 0.3) is 0 Å². The summed E-state index contributed by atoms with van der Waals surface area (Å²) in [4.78, 5) is 17.8. The number of fused-ring (bicyclic) bond motifs is 3. The van der Waals surface area contributed by atoms with Gasteiger partial charge < -0.3 is 15.5 Å². The molecule has 1 aliphatic carbocycles. The number of Topliss-reactive ketones (excluding diaryl/α,β-unsaturated/α-hetero) is 1. The van der Waals surface area contributed by atoms with E-state index in [2.05, 4.69) is 24.1 Å². The average molecular weight is 386 g/mol. The Balaban J connectivity index is 1.82. The molecule has 0 unspecified atom stereocenters. The van der Waals surface area contributed by atoms with Crippen molar-refractivity contribution in [2.45, 2.75) is 32.6 Å². The molecule has 0 bridgehead atoms. The Morgan fingerprint density at radius 1 is 1.07 bits per heavy atom. The van der Waals surface area contributed by atoms with Gasteiger partial charge in [-0.25, -0.2) is 0 Å². The number of anilines is 1. The normalized spacial score (nSPS) is 20.2. The van der Waals surface area contributed by atoms with Crippen LogP contribution in [-0.4, -0.2) is 21.0 Å². The van der Waals surface area contributed by atoms with E-state index >= 15 is 0 Å². The molecule has 2 aliphatic rings. The topological polar surface area (TPSA) is 82.5 Å². The summed E-state index contributed by atoms with van der Waals surface area (Å²) in [5, 5.41) is 24.5. The molecule has 0 amide bonds. The van der Waals surface area contributed by atoms with Crippen LogP contribution in [0, 0.1) is 5.41 Å². The van der Waals surface area contributed by atoms with Crippen molar-refractivity contribution in [3.05, 3.63) is 71.1 Å². The van der Waals surface area contributed by atoms with Crippen molar-refractivity contribution >= 4 is 22.4 Å². The lowest BCUT2D eigenvalue weighted by molar-refractivity contribution is -0.118. The predicted molar refractivity (Wildman–Crippen MR) is 112 cm³/mol. The highest BCUT2D eigenvalue weighted by atomic mass is 16.3.